The van der Waals surface area contributed by atoms with Crippen LogP contribution < -0.4 is 9.64 Å². The zero-order chi connectivity index (χ0) is 23.5. The molecule has 3 aromatic heterocycles. The summed E-state index contributed by atoms with van der Waals surface area (Å²) in [7, 11) is 1.58. The number of aromatic nitrogens is 4. The van der Waals surface area contributed by atoms with Gasteiger partial charge >= 0.3 is 0 Å². The molecular weight excluding hydrogens is 435 g/mol. The number of aromatic amines is 1. The van der Waals surface area contributed by atoms with E-state index < -0.39 is 0 Å². The van der Waals surface area contributed by atoms with Crippen molar-refractivity contribution in [3.05, 3.63) is 66.4 Å². The summed E-state index contributed by atoms with van der Waals surface area (Å²) < 4.78 is 18.4. The SMILES string of the molecule is COc1cccc(CCC(=O)N2CCN(c3ncnc4[nH]c(-c5ccc(F)cc5)cc34)CC2)n1. The Labute approximate surface area is 196 Å². The Morgan fingerprint density at radius 1 is 1.09 bits per heavy atom. The number of ether oxygens (including phenoxy) is 1. The van der Waals surface area contributed by atoms with Crippen molar-refractivity contribution in [2.24, 2.45) is 0 Å². The van der Waals surface area contributed by atoms with Gasteiger partial charge in [-0.1, -0.05) is 6.07 Å². The van der Waals surface area contributed by atoms with Crippen LogP contribution in [0.5, 0.6) is 5.88 Å². The number of carbonyl (C=O) groups excluding carboxylic acids is 1. The largest absolute Gasteiger partial charge is 0.481 e. The van der Waals surface area contributed by atoms with Crippen LogP contribution in [-0.2, 0) is 11.2 Å². The van der Waals surface area contributed by atoms with E-state index in [9.17, 15) is 9.18 Å². The normalized spacial score (nSPS) is 13.9. The number of anilines is 1. The molecule has 8 nitrogen and oxygen atoms in total. The quantitative estimate of drug-likeness (QED) is 0.474. The van der Waals surface area contributed by atoms with Crippen molar-refractivity contribution in [2.75, 3.05) is 38.2 Å². The first-order valence-electron chi connectivity index (χ1n) is 11.2. The fraction of sp³-hybridized carbons (Fsp3) is 0.280. The lowest BCUT2D eigenvalue weighted by atomic mass is 10.1. The van der Waals surface area contributed by atoms with Crippen LogP contribution in [-0.4, -0.2) is 64.0 Å². The molecule has 1 aliphatic rings. The highest BCUT2D eigenvalue weighted by atomic mass is 19.1. The van der Waals surface area contributed by atoms with Crippen LogP contribution in [0.4, 0.5) is 10.2 Å². The van der Waals surface area contributed by atoms with Crippen molar-refractivity contribution in [3.63, 3.8) is 0 Å². The van der Waals surface area contributed by atoms with Crippen molar-refractivity contribution >= 4 is 22.8 Å². The predicted molar refractivity (Wildman–Crippen MR) is 127 cm³/mol. The maximum absolute atomic E-state index is 13.3. The van der Waals surface area contributed by atoms with Gasteiger partial charge in [0.25, 0.3) is 0 Å². The molecule has 1 N–H and O–H groups in total. The first-order valence-corrected chi connectivity index (χ1v) is 11.2. The van der Waals surface area contributed by atoms with E-state index in [-0.39, 0.29) is 11.7 Å². The summed E-state index contributed by atoms with van der Waals surface area (Å²) in [6.45, 7) is 2.63. The number of fused-ring (bicyclic) bond motifs is 1. The highest BCUT2D eigenvalue weighted by molar-refractivity contribution is 5.92. The van der Waals surface area contributed by atoms with Crippen LogP contribution in [0.2, 0.25) is 0 Å². The number of aryl methyl sites for hydroxylation is 1. The van der Waals surface area contributed by atoms with E-state index in [4.69, 9.17) is 4.74 Å². The van der Waals surface area contributed by atoms with Crippen molar-refractivity contribution in [1.82, 2.24) is 24.8 Å². The maximum Gasteiger partial charge on any atom is 0.223 e. The van der Waals surface area contributed by atoms with Crippen LogP contribution >= 0.6 is 0 Å². The van der Waals surface area contributed by atoms with E-state index >= 15 is 0 Å². The number of rotatable bonds is 6. The molecule has 1 saturated heterocycles. The van der Waals surface area contributed by atoms with Crippen LogP contribution in [0.25, 0.3) is 22.3 Å². The third-order valence-electron chi connectivity index (χ3n) is 6.08. The van der Waals surface area contributed by atoms with Crippen LogP contribution in [0.1, 0.15) is 12.1 Å². The fourth-order valence-corrected chi connectivity index (χ4v) is 4.23. The molecule has 1 amide bonds. The van der Waals surface area contributed by atoms with E-state index in [0.29, 0.717) is 44.9 Å². The van der Waals surface area contributed by atoms with E-state index in [2.05, 4.69) is 24.8 Å². The monoisotopic (exact) mass is 460 g/mol. The van der Waals surface area contributed by atoms with Gasteiger partial charge < -0.3 is 19.5 Å². The molecule has 0 bridgehead atoms. The average molecular weight is 461 g/mol. The number of benzene rings is 1. The number of methoxy groups -OCH3 is 1. The molecule has 34 heavy (non-hydrogen) atoms. The minimum atomic E-state index is -0.271. The Morgan fingerprint density at radius 3 is 2.65 bits per heavy atom. The molecule has 0 atom stereocenters. The summed E-state index contributed by atoms with van der Waals surface area (Å²) in [5, 5.41) is 0.908. The van der Waals surface area contributed by atoms with E-state index in [1.54, 1.807) is 31.6 Å². The van der Waals surface area contributed by atoms with Gasteiger partial charge in [-0.2, -0.15) is 0 Å². The Bertz CT molecular complexity index is 1300. The molecule has 1 fully saturated rings. The summed E-state index contributed by atoms with van der Waals surface area (Å²) >= 11 is 0. The number of halogens is 1. The molecular formula is C25H25FN6O2. The molecule has 5 rings (SSSR count). The maximum atomic E-state index is 13.3. The molecule has 4 aromatic rings. The lowest BCUT2D eigenvalue weighted by Crippen LogP contribution is -2.49. The number of hydrogen-bond acceptors (Lipinski definition) is 6. The van der Waals surface area contributed by atoms with Crippen molar-refractivity contribution in [1.29, 1.82) is 0 Å². The number of piperazine rings is 1. The zero-order valence-corrected chi connectivity index (χ0v) is 18.9. The van der Waals surface area contributed by atoms with Crippen LogP contribution in [0, 0.1) is 5.82 Å². The standard InChI is InChI=1S/C25H25FN6O2/c1-34-22-4-2-3-19(29-22)9-10-23(33)31-11-13-32(14-12-31)25-20-15-21(30-24(20)27-16-28-25)17-5-7-18(26)8-6-17/h2-8,15-16H,9-14H2,1H3,(H,27,28,30). The van der Waals surface area contributed by atoms with Gasteiger partial charge in [0, 0.05) is 50.1 Å². The minimum absolute atomic E-state index is 0.123. The highest BCUT2D eigenvalue weighted by Gasteiger charge is 2.23. The number of nitrogens with one attached hydrogen (secondary N) is 1. The van der Waals surface area contributed by atoms with Gasteiger partial charge in [0.05, 0.1) is 12.5 Å². The molecule has 1 aliphatic heterocycles. The second kappa shape index (κ2) is 9.46. The highest BCUT2D eigenvalue weighted by Crippen LogP contribution is 2.29. The topological polar surface area (TPSA) is 87.2 Å². The Balaban J connectivity index is 1.24. The van der Waals surface area contributed by atoms with Gasteiger partial charge in [-0.05, 0) is 48.4 Å². The van der Waals surface area contributed by atoms with Gasteiger partial charge in [0.15, 0.2) is 0 Å². The molecule has 0 radical (unpaired) electrons. The number of pyridine rings is 1. The molecule has 9 heteroatoms. The van der Waals surface area contributed by atoms with Crippen LogP contribution in [0.3, 0.4) is 0 Å². The Kier molecular flexibility index (Phi) is 6.07. The first-order chi connectivity index (χ1) is 16.6. The molecule has 0 aliphatic carbocycles. The van der Waals surface area contributed by atoms with E-state index in [0.717, 1.165) is 33.8 Å². The Morgan fingerprint density at radius 2 is 1.88 bits per heavy atom. The fourth-order valence-electron chi connectivity index (χ4n) is 4.23. The molecule has 4 heterocycles. The molecule has 174 valence electrons. The third kappa shape index (κ3) is 4.54. The lowest BCUT2D eigenvalue weighted by Gasteiger charge is -2.35. The van der Waals surface area contributed by atoms with Gasteiger partial charge in [0.1, 0.15) is 23.6 Å². The smallest absolute Gasteiger partial charge is 0.223 e. The van der Waals surface area contributed by atoms with Gasteiger partial charge in [0.2, 0.25) is 11.8 Å². The minimum Gasteiger partial charge on any atom is -0.481 e. The van der Waals surface area contributed by atoms with E-state index in [1.165, 1.54) is 12.1 Å². The number of H-pyrrole nitrogens is 1. The predicted octanol–water partition coefficient (Wildman–Crippen LogP) is 3.45. The van der Waals surface area contributed by atoms with E-state index in [1.807, 2.05) is 23.1 Å². The molecule has 0 unspecified atom stereocenters. The van der Waals surface area contributed by atoms with Crippen LogP contribution in [0.15, 0.2) is 54.9 Å². The second-order valence-electron chi connectivity index (χ2n) is 8.19. The zero-order valence-electron chi connectivity index (χ0n) is 18.9. The number of nitrogens with zero attached hydrogens (tertiary/aromatic N) is 5. The van der Waals surface area contributed by atoms with Crippen molar-refractivity contribution in [2.45, 2.75) is 12.8 Å². The van der Waals surface area contributed by atoms with Crippen molar-refractivity contribution < 1.29 is 13.9 Å². The van der Waals surface area contributed by atoms with Gasteiger partial charge in [-0.3, -0.25) is 4.79 Å². The summed E-state index contributed by atoms with van der Waals surface area (Å²) in [5.41, 5.74) is 3.32. The average Bonchev–Trinajstić information content (AvgIpc) is 3.32. The molecule has 0 saturated carbocycles. The second-order valence-corrected chi connectivity index (χ2v) is 8.19. The van der Waals surface area contributed by atoms with Gasteiger partial charge in [-0.25, -0.2) is 19.3 Å². The summed E-state index contributed by atoms with van der Waals surface area (Å²) in [5.74, 6) is 1.24. The number of amides is 1. The van der Waals surface area contributed by atoms with Gasteiger partial charge in [-0.15, -0.1) is 0 Å². The summed E-state index contributed by atoms with van der Waals surface area (Å²) in [6, 6.07) is 13.9. The first kappa shape index (κ1) is 21.8. The Hall–Kier alpha value is -4.01. The number of carbonyl (C=O) groups is 1. The van der Waals surface area contributed by atoms with Crippen molar-refractivity contribution in [3.8, 4) is 17.1 Å². The molecule has 0 spiro atoms. The third-order valence-corrected chi connectivity index (χ3v) is 6.08. The summed E-state index contributed by atoms with van der Waals surface area (Å²) in [4.78, 5) is 33.4. The lowest BCUT2D eigenvalue weighted by molar-refractivity contribution is -0.131. The number of hydrogen-bond donors (Lipinski definition) is 1. The summed E-state index contributed by atoms with van der Waals surface area (Å²) in [6.07, 6.45) is 2.54. The molecule has 1 aromatic carbocycles.